The van der Waals surface area contributed by atoms with E-state index in [-0.39, 0.29) is 39.5 Å². The third-order valence-corrected chi connectivity index (χ3v) is 6.63. The summed E-state index contributed by atoms with van der Waals surface area (Å²) in [6.45, 7) is 1.72. The Morgan fingerprint density at radius 1 is 0.875 bits per heavy atom. The Hall–Kier alpha value is -5.12. The molecule has 0 unspecified atom stereocenters. The maximum absolute atomic E-state index is 14.7. The second kappa shape index (κ2) is 10.2. The average molecular weight is 544 g/mol. The fraction of sp³-hybridized carbons (Fsp3) is 0.100. The van der Waals surface area contributed by atoms with E-state index in [1.165, 1.54) is 54.2 Å². The minimum Gasteiger partial charge on any atom is -0.480 e. The van der Waals surface area contributed by atoms with Crippen molar-refractivity contribution in [3.05, 3.63) is 106 Å². The molecule has 0 fully saturated rings. The van der Waals surface area contributed by atoms with Crippen LogP contribution < -0.4 is 10.3 Å². The van der Waals surface area contributed by atoms with E-state index in [4.69, 9.17) is 4.74 Å². The molecule has 0 saturated heterocycles. The van der Waals surface area contributed by atoms with Crippen LogP contribution in [-0.2, 0) is 6.18 Å². The molecule has 0 radical (unpaired) electrons. The standard InChI is InChI=1S/C30H20F3N3O4/c1-17-21(18-11-12-36-26(13-18)34-14-20(16-38)29(36)39)5-3-6-22(17)23-7-4-8-24(27(23)30(31,32)33)25-10-9-19(15-37)28(35-25)40-2/h3-16H,1-2H3. The van der Waals surface area contributed by atoms with Gasteiger partial charge in [-0.2, -0.15) is 13.2 Å². The fourth-order valence-electron chi connectivity index (χ4n) is 4.73. The molecule has 7 nitrogen and oxygen atoms in total. The summed E-state index contributed by atoms with van der Waals surface area (Å²) in [7, 11) is 1.29. The maximum atomic E-state index is 14.7. The SMILES string of the molecule is COc1nc(-c2cccc(-c3cccc(-c4ccn5c(=O)c(C=O)cnc5c4)c3C)c2C(F)(F)F)ccc1C=O. The molecule has 0 aliphatic carbocycles. The minimum atomic E-state index is -4.74. The normalized spacial score (nSPS) is 11.4. The Morgan fingerprint density at radius 2 is 1.55 bits per heavy atom. The molecular weight excluding hydrogens is 523 g/mol. The summed E-state index contributed by atoms with van der Waals surface area (Å²) in [4.78, 5) is 43.1. The van der Waals surface area contributed by atoms with Crippen molar-refractivity contribution in [1.29, 1.82) is 0 Å². The molecule has 0 aliphatic heterocycles. The van der Waals surface area contributed by atoms with Crippen molar-refractivity contribution in [3.63, 3.8) is 0 Å². The predicted molar refractivity (Wildman–Crippen MR) is 143 cm³/mol. The maximum Gasteiger partial charge on any atom is 0.417 e. The van der Waals surface area contributed by atoms with Crippen LogP contribution in [0.1, 0.15) is 31.8 Å². The van der Waals surface area contributed by atoms with Gasteiger partial charge in [-0.05, 0) is 59.0 Å². The second-order valence-electron chi connectivity index (χ2n) is 8.90. The van der Waals surface area contributed by atoms with E-state index in [9.17, 15) is 27.6 Å². The van der Waals surface area contributed by atoms with E-state index >= 15 is 0 Å². The van der Waals surface area contributed by atoms with E-state index < -0.39 is 17.3 Å². The predicted octanol–water partition coefficient (Wildman–Crippen LogP) is 6.05. The van der Waals surface area contributed by atoms with Crippen LogP contribution in [0.3, 0.4) is 0 Å². The van der Waals surface area contributed by atoms with Gasteiger partial charge in [0.05, 0.1) is 29.5 Å². The summed E-state index contributed by atoms with van der Waals surface area (Å²) in [5.41, 5.74) is 0.916. The summed E-state index contributed by atoms with van der Waals surface area (Å²) in [6, 6.07) is 15.3. The lowest BCUT2D eigenvalue weighted by molar-refractivity contribution is -0.136. The molecule has 40 heavy (non-hydrogen) atoms. The number of carbonyl (C=O) groups is 2. The van der Waals surface area contributed by atoms with Crippen molar-refractivity contribution in [1.82, 2.24) is 14.4 Å². The van der Waals surface area contributed by atoms with Crippen molar-refractivity contribution in [2.24, 2.45) is 0 Å². The largest absolute Gasteiger partial charge is 0.480 e. The number of hydrogen-bond donors (Lipinski definition) is 0. The number of pyridine rings is 2. The zero-order chi connectivity index (χ0) is 28.6. The third-order valence-electron chi connectivity index (χ3n) is 6.63. The number of alkyl halides is 3. The summed E-state index contributed by atoms with van der Waals surface area (Å²) < 4.78 is 50.3. The van der Waals surface area contributed by atoms with Crippen LogP contribution in [0.5, 0.6) is 5.88 Å². The van der Waals surface area contributed by atoms with Gasteiger partial charge in [-0.25, -0.2) is 9.97 Å². The van der Waals surface area contributed by atoms with Crippen molar-refractivity contribution in [2.45, 2.75) is 13.1 Å². The van der Waals surface area contributed by atoms with Crippen LogP contribution in [0.15, 0.2) is 77.9 Å². The Bertz CT molecular complexity index is 1860. The molecule has 0 saturated carbocycles. The van der Waals surface area contributed by atoms with E-state index in [1.807, 2.05) is 0 Å². The lowest BCUT2D eigenvalue weighted by Gasteiger charge is -2.20. The zero-order valence-corrected chi connectivity index (χ0v) is 21.2. The fourth-order valence-corrected chi connectivity index (χ4v) is 4.73. The van der Waals surface area contributed by atoms with E-state index in [0.29, 0.717) is 34.8 Å². The molecular formula is C30H20F3N3O4. The van der Waals surface area contributed by atoms with Gasteiger partial charge in [-0.3, -0.25) is 18.8 Å². The first kappa shape index (κ1) is 26.5. The van der Waals surface area contributed by atoms with Gasteiger partial charge >= 0.3 is 6.18 Å². The van der Waals surface area contributed by atoms with Gasteiger partial charge in [-0.15, -0.1) is 0 Å². The topological polar surface area (TPSA) is 90.6 Å². The molecule has 0 spiro atoms. The summed E-state index contributed by atoms with van der Waals surface area (Å²) in [5.74, 6) is -0.0755. The van der Waals surface area contributed by atoms with Gasteiger partial charge in [0.25, 0.3) is 5.56 Å². The summed E-state index contributed by atoms with van der Waals surface area (Å²) >= 11 is 0. The molecule has 5 rings (SSSR count). The lowest BCUT2D eigenvalue weighted by atomic mass is 9.88. The first-order valence-electron chi connectivity index (χ1n) is 12.0. The average Bonchev–Trinajstić information content (AvgIpc) is 2.96. The van der Waals surface area contributed by atoms with Gasteiger partial charge in [-0.1, -0.05) is 36.4 Å². The highest BCUT2D eigenvalue weighted by molar-refractivity contribution is 5.85. The highest BCUT2D eigenvalue weighted by Crippen LogP contribution is 2.45. The summed E-state index contributed by atoms with van der Waals surface area (Å²) in [5, 5.41) is 0. The summed E-state index contributed by atoms with van der Waals surface area (Å²) in [6.07, 6.45) is -1.13. The molecule has 3 heterocycles. The molecule has 0 bridgehead atoms. The highest BCUT2D eigenvalue weighted by atomic mass is 19.4. The Kier molecular flexibility index (Phi) is 6.76. The van der Waals surface area contributed by atoms with Crippen molar-refractivity contribution >= 4 is 18.2 Å². The molecule has 0 amide bonds. The molecule has 200 valence electrons. The number of aromatic nitrogens is 3. The van der Waals surface area contributed by atoms with Gasteiger partial charge < -0.3 is 4.74 Å². The first-order chi connectivity index (χ1) is 19.2. The van der Waals surface area contributed by atoms with Crippen LogP contribution in [0.4, 0.5) is 13.2 Å². The number of rotatable bonds is 6. The number of fused-ring (bicyclic) bond motifs is 1. The Balaban J connectivity index is 1.70. The number of hydrogen-bond acceptors (Lipinski definition) is 6. The van der Waals surface area contributed by atoms with Gasteiger partial charge in [0.2, 0.25) is 5.88 Å². The van der Waals surface area contributed by atoms with Crippen molar-refractivity contribution in [2.75, 3.05) is 7.11 Å². The number of halogens is 3. The number of methoxy groups -OCH3 is 1. The zero-order valence-electron chi connectivity index (χ0n) is 21.2. The molecule has 10 heteroatoms. The first-order valence-corrected chi connectivity index (χ1v) is 12.0. The Labute approximate surface area is 225 Å². The molecule has 5 aromatic rings. The number of aldehydes is 2. The van der Waals surface area contributed by atoms with Crippen molar-refractivity contribution < 1.29 is 27.5 Å². The molecule has 3 aromatic heterocycles. The van der Waals surface area contributed by atoms with Gasteiger partial charge in [0, 0.05) is 18.0 Å². The van der Waals surface area contributed by atoms with Crippen molar-refractivity contribution in [3.8, 4) is 39.4 Å². The molecule has 0 N–H and O–H groups in total. The monoisotopic (exact) mass is 543 g/mol. The van der Waals surface area contributed by atoms with Gasteiger partial charge in [0.1, 0.15) is 5.65 Å². The van der Waals surface area contributed by atoms with Crippen LogP contribution in [0.2, 0.25) is 0 Å². The van der Waals surface area contributed by atoms with E-state index in [1.54, 1.807) is 37.3 Å². The van der Waals surface area contributed by atoms with Gasteiger partial charge in [0.15, 0.2) is 12.6 Å². The number of carbonyl (C=O) groups excluding carboxylic acids is 2. The number of ether oxygens (including phenoxy) is 1. The molecule has 2 aromatic carbocycles. The quantitative estimate of drug-likeness (QED) is 0.242. The smallest absolute Gasteiger partial charge is 0.417 e. The van der Waals surface area contributed by atoms with Crippen LogP contribution in [0, 0.1) is 6.92 Å². The van der Waals surface area contributed by atoms with Crippen LogP contribution >= 0.6 is 0 Å². The molecule has 0 atom stereocenters. The molecule has 0 aliphatic rings. The van der Waals surface area contributed by atoms with Crippen LogP contribution in [0.25, 0.3) is 39.2 Å². The Morgan fingerprint density at radius 3 is 2.23 bits per heavy atom. The number of benzene rings is 2. The second-order valence-corrected chi connectivity index (χ2v) is 8.90. The highest BCUT2D eigenvalue weighted by Gasteiger charge is 2.37. The lowest BCUT2D eigenvalue weighted by Crippen LogP contribution is -2.18. The third kappa shape index (κ3) is 4.53. The minimum absolute atomic E-state index is 0.00571. The number of nitrogens with zero attached hydrogens (tertiary/aromatic N) is 3. The van der Waals surface area contributed by atoms with E-state index in [2.05, 4.69) is 9.97 Å². The van der Waals surface area contributed by atoms with Crippen LogP contribution in [-0.4, -0.2) is 34.1 Å². The van der Waals surface area contributed by atoms with E-state index in [0.717, 1.165) is 0 Å².